The van der Waals surface area contributed by atoms with E-state index in [1.807, 2.05) is 26.8 Å². The minimum absolute atomic E-state index is 0.119. The average Bonchev–Trinajstić information content (AvgIpc) is 2.41. The summed E-state index contributed by atoms with van der Waals surface area (Å²) in [6.45, 7) is 5.63. The highest BCUT2D eigenvalue weighted by Crippen LogP contribution is 2.11. The fourth-order valence-electron chi connectivity index (χ4n) is 1.95. The van der Waals surface area contributed by atoms with Gasteiger partial charge in [0.1, 0.15) is 11.4 Å². The summed E-state index contributed by atoms with van der Waals surface area (Å²) in [5.41, 5.74) is 0.239. The first-order chi connectivity index (χ1) is 10.7. The molecule has 0 fully saturated rings. The smallest absolute Gasteiger partial charge is 0.306 e. The van der Waals surface area contributed by atoms with Crippen LogP contribution >= 0.6 is 0 Å². The molecule has 0 atom stereocenters. The summed E-state index contributed by atoms with van der Waals surface area (Å²) >= 11 is 0. The van der Waals surface area contributed by atoms with Crippen molar-refractivity contribution in [1.29, 1.82) is 0 Å². The Kier molecular flexibility index (Phi) is 7.72. The minimum atomic E-state index is -3.55. The zero-order valence-corrected chi connectivity index (χ0v) is 14.9. The molecule has 0 aliphatic rings. The average molecular weight is 342 g/mol. The van der Waals surface area contributed by atoms with Crippen LogP contribution in [0.15, 0.2) is 30.3 Å². The molecule has 0 aromatic heterocycles. The van der Waals surface area contributed by atoms with E-state index in [0.29, 0.717) is 24.8 Å². The molecule has 0 spiro atoms. The molecule has 1 aromatic rings. The van der Waals surface area contributed by atoms with Crippen LogP contribution in [0.2, 0.25) is 0 Å². The van der Waals surface area contributed by atoms with Crippen molar-refractivity contribution in [3.63, 3.8) is 0 Å². The van der Waals surface area contributed by atoms with Crippen LogP contribution in [-0.4, -0.2) is 26.6 Å². The first-order valence-corrected chi connectivity index (χ1v) is 9.38. The Hall–Kier alpha value is -1.40. The van der Waals surface area contributed by atoms with Crippen LogP contribution in [0.25, 0.3) is 0 Å². The van der Waals surface area contributed by atoms with Gasteiger partial charge in [0.2, 0.25) is 0 Å². The molecule has 0 aliphatic heterocycles. The molecule has 0 amide bonds. The molecule has 5 nitrogen and oxygen atoms in total. The first-order valence-electron chi connectivity index (χ1n) is 7.81. The molecule has 0 N–H and O–H groups in total. The second-order valence-corrected chi connectivity index (χ2v) is 8.05. The molecular weight excluding hydrogens is 316 g/mol. The van der Waals surface area contributed by atoms with Gasteiger partial charge in [0.15, 0.2) is 0 Å². The third-order valence-corrected chi connectivity index (χ3v) is 4.11. The number of esters is 1. The monoisotopic (exact) mass is 342 g/mol. The number of benzene rings is 1. The maximum absolute atomic E-state index is 11.8. The van der Waals surface area contributed by atoms with Crippen LogP contribution in [0.3, 0.4) is 0 Å². The summed E-state index contributed by atoms with van der Waals surface area (Å²) in [7, 11) is -3.55. The standard InChI is InChI=1S/C17H26O5S/c1-17(2,3)22-16(18)12-8-5-9-13-21-23(19,20)14-15-10-6-4-7-11-15/h4,6-7,10-11H,5,8-9,12-14H2,1-3H3. The third kappa shape index (κ3) is 10.1. The maximum atomic E-state index is 11.8. The molecule has 1 rings (SSSR count). The molecule has 130 valence electrons. The summed E-state index contributed by atoms with van der Waals surface area (Å²) in [4.78, 5) is 11.5. The third-order valence-electron chi connectivity index (χ3n) is 2.89. The fourth-order valence-corrected chi connectivity index (χ4v) is 3.00. The highest BCUT2D eigenvalue weighted by atomic mass is 32.2. The molecule has 6 heteroatoms. The van der Waals surface area contributed by atoms with Crippen LogP contribution < -0.4 is 0 Å². The second-order valence-electron chi connectivity index (χ2n) is 6.41. The summed E-state index contributed by atoms with van der Waals surface area (Å²) in [6.07, 6.45) is 2.32. The van der Waals surface area contributed by atoms with E-state index in [2.05, 4.69) is 0 Å². The number of rotatable bonds is 9. The van der Waals surface area contributed by atoms with Gasteiger partial charge in [-0.15, -0.1) is 0 Å². The Bertz CT molecular complexity index is 573. The minimum Gasteiger partial charge on any atom is -0.460 e. The van der Waals surface area contributed by atoms with Crippen molar-refractivity contribution in [3.8, 4) is 0 Å². The van der Waals surface area contributed by atoms with E-state index in [-0.39, 0.29) is 18.3 Å². The van der Waals surface area contributed by atoms with E-state index in [0.717, 1.165) is 6.42 Å². The first kappa shape index (κ1) is 19.6. The van der Waals surface area contributed by atoms with Crippen molar-refractivity contribution in [2.24, 2.45) is 0 Å². The lowest BCUT2D eigenvalue weighted by molar-refractivity contribution is -0.154. The molecule has 0 radical (unpaired) electrons. The summed E-state index contributed by atoms with van der Waals surface area (Å²) in [5, 5.41) is 0. The Morgan fingerprint density at radius 2 is 1.70 bits per heavy atom. The zero-order chi connectivity index (χ0) is 17.3. The van der Waals surface area contributed by atoms with Gasteiger partial charge in [-0.3, -0.25) is 8.98 Å². The normalized spacial score (nSPS) is 12.1. The van der Waals surface area contributed by atoms with Crippen molar-refractivity contribution in [3.05, 3.63) is 35.9 Å². The number of unbranched alkanes of at least 4 members (excludes halogenated alkanes) is 2. The molecule has 23 heavy (non-hydrogen) atoms. The van der Waals surface area contributed by atoms with E-state index < -0.39 is 15.7 Å². The van der Waals surface area contributed by atoms with Crippen LogP contribution in [0.1, 0.15) is 52.0 Å². The Labute approximate surface area is 139 Å². The molecule has 0 unspecified atom stereocenters. The van der Waals surface area contributed by atoms with E-state index in [9.17, 15) is 13.2 Å². The number of hydrogen-bond donors (Lipinski definition) is 0. The summed E-state index contributed by atoms with van der Waals surface area (Å²) in [5.74, 6) is -0.346. The van der Waals surface area contributed by atoms with Gasteiger partial charge in [0.05, 0.1) is 6.61 Å². The lowest BCUT2D eigenvalue weighted by Gasteiger charge is -2.19. The lowest BCUT2D eigenvalue weighted by Crippen LogP contribution is -2.23. The largest absolute Gasteiger partial charge is 0.460 e. The Balaban J connectivity index is 2.16. The lowest BCUT2D eigenvalue weighted by atomic mass is 10.1. The van der Waals surface area contributed by atoms with Crippen molar-refractivity contribution in [2.45, 2.75) is 57.8 Å². The number of carbonyl (C=O) groups is 1. The number of ether oxygens (including phenoxy) is 1. The zero-order valence-electron chi connectivity index (χ0n) is 14.1. The van der Waals surface area contributed by atoms with E-state index in [1.165, 1.54) is 0 Å². The van der Waals surface area contributed by atoms with Crippen LogP contribution in [-0.2, 0) is 29.6 Å². The molecule has 0 heterocycles. The highest BCUT2D eigenvalue weighted by molar-refractivity contribution is 7.85. The van der Waals surface area contributed by atoms with Crippen molar-refractivity contribution in [1.82, 2.24) is 0 Å². The van der Waals surface area contributed by atoms with Crippen LogP contribution in [0.5, 0.6) is 0 Å². The topological polar surface area (TPSA) is 69.7 Å². The van der Waals surface area contributed by atoms with Gasteiger partial charge >= 0.3 is 5.97 Å². The summed E-state index contributed by atoms with van der Waals surface area (Å²) in [6, 6.07) is 8.92. The predicted octanol–water partition coefficient (Wildman–Crippen LogP) is 3.44. The van der Waals surface area contributed by atoms with Gasteiger partial charge < -0.3 is 4.74 Å². The van der Waals surface area contributed by atoms with Crippen molar-refractivity contribution < 1.29 is 22.1 Å². The Morgan fingerprint density at radius 3 is 2.30 bits per heavy atom. The van der Waals surface area contributed by atoms with Crippen molar-refractivity contribution in [2.75, 3.05) is 6.61 Å². The quantitative estimate of drug-likeness (QED) is 0.391. The molecule has 1 aromatic carbocycles. The van der Waals surface area contributed by atoms with Crippen LogP contribution in [0, 0.1) is 0 Å². The van der Waals surface area contributed by atoms with Gasteiger partial charge in [-0.1, -0.05) is 36.8 Å². The second kappa shape index (κ2) is 9.03. The SMILES string of the molecule is CC(C)(C)OC(=O)CCCCCOS(=O)(=O)Cc1ccccc1. The van der Waals surface area contributed by atoms with Gasteiger partial charge in [0.25, 0.3) is 10.1 Å². The van der Waals surface area contributed by atoms with Crippen LogP contribution in [0.4, 0.5) is 0 Å². The van der Waals surface area contributed by atoms with E-state index in [4.69, 9.17) is 8.92 Å². The molecule has 0 saturated heterocycles. The van der Waals surface area contributed by atoms with Crippen molar-refractivity contribution >= 4 is 16.1 Å². The number of carbonyl (C=O) groups excluding carboxylic acids is 1. The molecule has 0 bridgehead atoms. The maximum Gasteiger partial charge on any atom is 0.306 e. The molecule has 0 aliphatic carbocycles. The summed E-state index contributed by atoms with van der Waals surface area (Å²) < 4.78 is 33.8. The van der Waals surface area contributed by atoms with Gasteiger partial charge in [0, 0.05) is 6.42 Å². The fraction of sp³-hybridized carbons (Fsp3) is 0.588. The molecular formula is C17H26O5S. The van der Waals surface area contributed by atoms with Gasteiger partial charge in [-0.2, -0.15) is 8.42 Å². The van der Waals surface area contributed by atoms with E-state index >= 15 is 0 Å². The number of hydrogen-bond acceptors (Lipinski definition) is 5. The highest BCUT2D eigenvalue weighted by Gasteiger charge is 2.16. The van der Waals surface area contributed by atoms with E-state index in [1.54, 1.807) is 24.3 Å². The van der Waals surface area contributed by atoms with Gasteiger partial charge in [-0.05, 0) is 39.2 Å². The predicted molar refractivity (Wildman–Crippen MR) is 89.3 cm³/mol. The Morgan fingerprint density at radius 1 is 1.04 bits per heavy atom. The molecule has 0 saturated carbocycles. The van der Waals surface area contributed by atoms with Gasteiger partial charge in [-0.25, -0.2) is 0 Å².